The summed E-state index contributed by atoms with van der Waals surface area (Å²) in [5.74, 6) is -0.644. The van der Waals surface area contributed by atoms with Crippen molar-refractivity contribution >= 4 is 34.6 Å². The highest BCUT2D eigenvalue weighted by molar-refractivity contribution is 7.80. The van der Waals surface area contributed by atoms with E-state index >= 15 is 0 Å². The van der Waals surface area contributed by atoms with Crippen LogP contribution in [0, 0.1) is 10.1 Å². The van der Waals surface area contributed by atoms with Gasteiger partial charge in [0, 0.05) is 17.7 Å². The number of carbonyl (C=O) groups excluding carboxylic acids is 1. The van der Waals surface area contributed by atoms with Gasteiger partial charge in [-0.15, -0.1) is 0 Å². The largest absolute Gasteiger partial charge is 0.506 e. The van der Waals surface area contributed by atoms with Crippen molar-refractivity contribution in [3.05, 3.63) is 63.7 Å². The second-order valence-electron chi connectivity index (χ2n) is 6.69. The van der Waals surface area contributed by atoms with Gasteiger partial charge in [0.15, 0.2) is 5.11 Å². The molecule has 8 heteroatoms. The smallest absolute Gasteiger partial charge is 0.271 e. The highest BCUT2D eigenvalue weighted by atomic mass is 32.1. The molecule has 3 N–H and O–H groups in total. The first-order valence-electron chi connectivity index (χ1n) is 7.78. The molecule has 0 saturated heterocycles. The van der Waals surface area contributed by atoms with Gasteiger partial charge in [-0.1, -0.05) is 32.9 Å². The molecule has 0 aromatic heterocycles. The Morgan fingerprint density at radius 3 is 2.31 bits per heavy atom. The number of non-ortho nitro benzene ring substituents is 1. The predicted octanol–water partition coefficient (Wildman–Crippen LogP) is 3.72. The normalized spacial score (nSPS) is 10.9. The molecule has 2 aromatic carbocycles. The summed E-state index contributed by atoms with van der Waals surface area (Å²) in [7, 11) is 0. The summed E-state index contributed by atoms with van der Waals surface area (Å²) in [5, 5.41) is 25.6. The van der Waals surface area contributed by atoms with Gasteiger partial charge in [0.2, 0.25) is 0 Å². The third-order valence-electron chi connectivity index (χ3n) is 3.68. The van der Waals surface area contributed by atoms with Crippen LogP contribution in [0.4, 0.5) is 11.4 Å². The molecule has 0 atom stereocenters. The Bertz CT molecular complexity index is 858. The van der Waals surface area contributed by atoms with E-state index in [0.717, 1.165) is 11.6 Å². The third kappa shape index (κ3) is 4.76. The van der Waals surface area contributed by atoms with Crippen LogP contribution in [0.25, 0.3) is 0 Å². The summed E-state index contributed by atoms with van der Waals surface area (Å²) in [5.41, 5.74) is 1.32. The topological polar surface area (TPSA) is 104 Å². The molecule has 7 nitrogen and oxygen atoms in total. The monoisotopic (exact) mass is 373 g/mol. The minimum atomic E-state index is -0.594. The zero-order chi connectivity index (χ0) is 19.5. The van der Waals surface area contributed by atoms with Gasteiger partial charge in [-0.05, 0) is 41.4 Å². The highest BCUT2D eigenvalue weighted by Crippen LogP contribution is 2.27. The van der Waals surface area contributed by atoms with Gasteiger partial charge < -0.3 is 10.4 Å². The Morgan fingerprint density at radius 1 is 1.15 bits per heavy atom. The van der Waals surface area contributed by atoms with Gasteiger partial charge in [0.1, 0.15) is 5.75 Å². The number of thiocarbonyl (C=S) groups is 1. The molecule has 2 aromatic rings. The van der Waals surface area contributed by atoms with Gasteiger partial charge in [-0.3, -0.25) is 20.2 Å². The van der Waals surface area contributed by atoms with Crippen molar-refractivity contribution in [2.45, 2.75) is 26.2 Å². The molecule has 0 aliphatic rings. The Labute approximate surface area is 156 Å². The Balaban J connectivity index is 2.07. The number of benzene rings is 2. The molecule has 1 amide bonds. The molecular weight excluding hydrogens is 354 g/mol. The van der Waals surface area contributed by atoms with E-state index in [1.165, 1.54) is 12.1 Å². The lowest BCUT2D eigenvalue weighted by Crippen LogP contribution is -2.34. The van der Waals surface area contributed by atoms with E-state index in [-0.39, 0.29) is 27.7 Å². The molecule has 0 fully saturated rings. The van der Waals surface area contributed by atoms with E-state index < -0.39 is 10.8 Å². The van der Waals surface area contributed by atoms with Crippen LogP contribution in [0.3, 0.4) is 0 Å². The summed E-state index contributed by atoms with van der Waals surface area (Å²) < 4.78 is 0. The number of hydrogen-bond acceptors (Lipinski definition) is 5. The Kier molecular flexibility index (Phi) is 5.56. The van der Waals surface area contributed by atoms with E-state index in [9.17, 15) is 20.0 Å². The molecular formula is C18H19N3O4S. The number of aromatic hydroxyl groups is 1. The van der Waals surface area contributed by atoms with Gasteiger partial charge in [-0.2, -0.15) is 0 Å². The van der Waals surface area contributed by atoms with Gasteiger partial charge in [0.25, 0.3) is 11.6 Å². The van der Waals surface area contributed by atoms with Crippen LogP contribution >= 0.6 is 12.2 Å². The van der Waals surface area contributed by atoms with Crippen LogP contribution in [-0.2, 0) is 5.41 Å². The number of phenolic OH excluding ortho intramolecular Hbond substituents is 1. The van der Waals surface area contributed by atoms with E-state index in [1.54, 1.807) is 12.1 Å². The second-order valence-corrected chi connectivity index (χ2v) is 7.10. The van der Waals surface area contributed by atoms with Crippen LogP contribution in [0.1, 0.15) is 36.7 Å². The van der Waals surface area contributed by atoms with Crippen LogP contribution in [0.2, 0.25) is 0 Å². The first kappa shape index (κ1) is 19.3. The van der Waals surface area contributed by atoms with Crippen molar-refractivity contribution in [3.63, 3.8) is 0 Å². The highest BCUT2D eigenvalue weighted by Gasteiger charge is 2.16. The second kappa shape index (κ2) is 7.49. The Hall–Kier alpha value is -3.00. The van der Waals surface area contributed by atoms with Gasteiger partial charge in [0.05, 0.1) is 10.6 Å². The van der Waals surface area contributed by atoms with Crippen molar-refractivity contribution < 1.29 is 14.8 Å². The fourth-order valence-electron chi connectivity index (χ4n) is 2.19. The predicted molar refractivity (Wildman–Crippen MR) is 104 cm³/mol. The number of nitro groups is 1. The van der Waals surface area contributed by atoms with Crippen LogP contribution in [-0.4, -0.2) is 21.0 Å². The number of amides is 1. The standard InChI is InChI=1S/C18H19N3O4S/c1-18(2,3)12-6-4-11(5-7-12)16(23)20-17(26)19-14-10-13(21(24)25)8-9-15(14)22/h4-10,22H,1-3H3,(H2,19,20,23,26). The SMILES string of the molecule is CC(C)(C)c1ccc(C(=O)NC(=S)Nc2cc([N+](=O)[O-])ccc2O)cc1. The van der Waals surface area contributed by atoms with Gasteiger partial charge in [-0.25, -0.2) is 0 Å². The molecule has 136 valence electrons. The first-order chi connectivity index (χ1) is 12.1. The number of nitro benzene ring substituents is 1. The average molecular weight is 373 g/mol. The van der Waals surface area contributed by atoms with E-state index in [2.05, 4.69) is 31.4 Å². The molecule has 0 bridgehead atoms. The molecule has 0 heterocycles. The van der Waals surface area contributed by atoms with Crippen molar-refractivity contribution in [2.75, 3.05) is 5.32 Å². The van der Waals surface area contributed by atoms with E-state index in [4.69, 9.17) is 12.2 Å². The van der Waals surface area contributed by atoms with Crippen LogP contribution in [0.5, 0.6) is 5.75 Å². The van der Waals surface area contributed by atoms with Crippen molar-refractivity contribution in [2.24, 2.45) is 0 Å². The lowest BCUT2D eigenvalue weighted by Gasteiger charge is -2.19. The lowest BCUT2D eigenvalue weighted by molar-refractivity contribution is -0.384. The van der Waals surface area contributed by atoms with Crippen molar-refractivity contribution in [1.82, 2.24) is 5.32 Å². The van der Waals surface area contributed by atoms with Crippen molar-refractivity contribution in [3.8, 4) is 5.75 Å². The number of nitrogens with one attached hydrogen (secondary N) is 2. The number of carbonyl (C=O) groups is 1. The minimum Gasteiger partial charge on any atom is -0.506 e. The van der Waals surface area contributed by atoms with Crippen LogP contribution in [0.15, 0.2) is 42.5 Å². The van der Waals surface area contributed by atoms with E-state index in [0.29, 0.717) is 5.56 Å². The molecule has 0 radical (unpaired) electrons. The maximum Gasteiger partial charge on any atom is 0.271 e. The van der Waals surface area contributed by atoms with Crippen molar-refractivity contribution in [1.29, 1.82) is 0 Å². The maximum absolute atomic E-state index is 12.3. The minimum absolute atomic E-state index is 0.0224. The lowest BCUT2D eigenvalue weighted by atomic mass is 9.87. The van der Waals surface area contributed by atoms with Gasteiger partial charge >= 0.3 is 0 Å². The molecule has 2 rings (SSSR count). The fourth-order valence-corrected chi connectivity index (χ4v) is 2.39. The number of nitrogens with zero attached hydrogens (tertiary/aromatic N) is 1. The first-order valence-corrected chi connectivity index (χ1v) is 8.19. The van der Waals surface area contributed by atoms with Crippen LogP contribution < -0.4 is 10.6 Å². The zero-order valence-electron chi connectivity index (χ0n) is 14.6. The summed E-state index contributed by atoms with van der Waals surface area (Å²) >= 11 is 5.04. The summed E-state index contributed by atoms with van der Waals surface area (Å²) in [6.45, 7) is 6.23. The maximum atomic E-state index is 12.3. The quantitative estimate of drug-likeness (QED) is 0.328. The average Bonchev–Trinajstić information content (AvgIpc) is 2.55. The molecule has 0 saturated carbocycles. The number of phenols is 1. The zero-order valence-corrected chi connectivity index (χ0v) is 15.4. The molecule has 0 unspecified atom stereocenters. The number of anilines is 1. The molecule has 26 heavy (non-hydrogen) atoms. The van der Waals surface area contributed by atoms with E-state index in [1.807, 2.05) is 12.1 Å². The Morgan fingerprint density at radius 2 is 1.77 bits per heavy atom. The summed E-state index contributed by atoms with van der Waals surface area (Å²) in [6, 6.07) is 10.6. The summed E-state index contributed by atoms with van der Waals surface area (Å²) in [4.78, 5) is 22.5. The number of rotatable bonds is 3. The summed E-state index contributed by atoms with van der Waals surface area (Å²) in [6.07, 6.45) is 0. The third-order valence-corrected chi connectivity index (χ3v) is 3.88. The number of hydrogen-bond donors (Lipinski definition) is 3. The molecule has 0 aliphatic heterocycles. The fraction of sp³-hybridized carbons (Fsp3) is 0.222. The molecule has 0 aliphatic carbocycles. The molecule has 0 spiro atoms.